The normalized spacial score (nSPS) is 22.5. The first-order chi connectivity index (χ1) is 15.5. The average molecular weight is 435 g/mol. The molecule has 2 N–H and O–H groups in total. The van der Waals surface area contributed by atoms with E-state index in [2.05, 4.69) is 57.9 Å². The molecule has 0 bridgehead atoms. The van der Waals surface area contributed by atoms with Gasteiger partial charge in [-0.15, -0.1) is 0 Å². The Morgan fingerprint density at radius 1 is 1.12 bits per heavy atom. The van der Waals surface area contributed by atoms with Gasteiger partial charge in [0.05, 0.1) is 5.92 Å². The van der Waals surface area contributed by atoms with Gasteiger partial charge in [0.25, 0.3) is 0 Å². The fourth-order valence-corrected chi connectivity index (χ4v) is 5.38. The van der Waals surface area contributed by atoms with Crippen molar-refractivity contribution in [2.75, 3.05) is 50.7 Å². The predicted octanol–water partition coefficient (Wildman–Crippen LogP) is 1.91. The number of carbonyl (C=O) groups is 1. The molecule has 32 heavy (non-hydrogen) atoms. The van der Waals surface area contributed by atoms with Gasteiger partial charge in [-0.2, -0.15) is 0 Å². The van der Waals surface area contributed by atoms with Crippen LogP contribution >= 0.6 is 0 Å². The summed E-state index contributed by atoms with van der Waals surface area (Å²) < 4.78 is 0. The number of benzene rings is 1. The molecule has 7 heteroatoms. The maximum absolute atomic E-state index is 13.6. The SMILES string of the molecule is Cc1ccc(C(CN2CC(N)C2)C(=O)N2CCN(c3ncnc4c3C(C)CC4)CC2)cc1. The first kappa shape index (κ1) is 21.3. The molecule has 1 aliphatic carbocycles. The first-order valence-corrected chi connectivity index (χ1v) is 11.9. The van der Waals surface area contributed by atoms with Gasteiger partial charge in [-0.3, -0.25) is 9.69 Å². The maximum atomic E-state index is 13.6. The number of rotatable bonds is 5. The molecule has 5 rings (SSSR count). The van der Waals surface area contributed by atoms with Gasteiger partial charge >= 0.3 is 0 Å². The van der Waals surface area contributed by atoms with Gasteiger partial charge in [0, 0.05) is 63.1 Å². The van der Waals surface area contributed by atoms with Crippen molar-refractivity contribution in [2.24, 2.45) is 5.73 Å². The van der Waals surface area contributed by atoms with E-state index in [9.17, 15) is 4.79 Å². The number of aromatic nitrogens is 2. The Labute approximate surface area is 190 Å². The van der Waals surface area contributed by atoms with E-state index >= 15 is 0 Å². The van der Waals surface area contributed by atoms with Crippen LogP contribution in [0.2, 0.25) is 0 Å². The summed E-state index contributed by atoms with van der Waals surface area (Å²) in [6, 6.07) is 8.67. The highest BCUT2D eigenvalue weighted by atomic mass is 16.2. The van der Waals surface area contributed by atoms with E-state index in [0.717, 1.165) is 70.0 Å². The van der Waals surface area contributed by atoms with Gasteiger partial charge in [-0.05, 0) is 31.2 Å². The summed E-state index contributed by atoms with van der Waals surface area (Å²) in [5.74, 6) is 1.68. The molecule has 3 heterocycles. The van der Waals surface area contributed by atoms with Crippen LogP contribution in [0.1, 0.15) is 47.6 Å². The molecule has 2 fully saturated rings. The third-order valence-corrected chi connectivity index (χ3v) is 7.35. The lowest BCUT2D eigenvalue weighted by Crippen LogP contribution is -2.58. The van der Waals surface area contributed by atoms with Crippen molar-refractivity contribution in [3.05, 3.63) is 53.0 Å². The molecule has 0 spiro atoms. The minimum Gasteiger partial charge on any atom is -0.353 e. The van der Waals surface area contributed by atoms with E-state index in [1.165, 1.54) is 16.8 Å². The zero-order valence-electron chi connectivity index (χ0n) is 19.2. The minimum absolute atomic E-state index is 0.141. The van der Waals surface area contributed by atoms with Crippen LogP contribution in [0.4, 0.5) is 5.82 Å². The van der Waals surface area contributed by atoms with Crippen LogP contribution in [-0.4, -0.2) is 77.5 Å². The Balaban J connectivity index is 1.29. The number of nitrogens with two attached hydrogens (primary N) is 1. The molecular formula is C25H34N6O. The van der Waals surface area contributed by atoms with Crippen LogP contribution in [0.3, 0.4) is 0 Å². The predicted molar refractivity (Wildman–Crippen MR) is 126 cm³/mol. The van der Waals surface area contributed by atoms with Crippen LogP contribution < -0.4 is 10.6 Å². The third kappa shape index (κ3) is 4.11. The molecule has 2 atom stereocenters. The number of nitrogens with zero attached hydrogens (tertiary/aromatic N) is 5. The molecule has 170 valence electrons. The number of piperazine rings is 1. The lowest BCUT2D eigenvalue weighted by molar-refractivity contribution is -0.134. The summed E-state index contributed by atoms with van der Waals surface area (Å²) in [6.45, 7) is 9.94. The lowest BCUT2D eigenvalue weighted by atomic mass is 9.94. The summed E-state index contributed by atoms with van der Waals surface area (Å²) in [5.41, 5.74) is 10.8. The fraction of sp³-hybridized carbons (Fsp3) is 0.560. The van der Waals surface area contributed by atoms with Gasteiger partial charge < -0.3 is 15.5 Å². The topological polar surface area (TPSA) is 78.6 Å². The Morgan fingerprint density at radius 3 is 2.53 bits per heavy atom. The van der Waals surface area contributed by atoms with E-state index in [1.54, 1.807) is 6.33 Å². The largest absolute Gasteiger partial charge is 0.353 e. The van der Waals surface area contributed by atoms with Crippen molar-refractivity contribution in [3.8, 4) is 0 Å². The highest BCUT2D eigenvalue weighted by Gasteiger charge is 2.34. The van der Waals surface area contributed by atoms with Crippen LogP contribution in [0.15, 0.2) is 30.6 Å². The van der Waals surface area contributed by atoms with Gasteiger partial charge in [-0.25, -0.2) is 9.97 Å². The number of carbonyl (C=O) groups excluding carboxylic acids is 1. The molecule has 2 saturated heterocycles. The highest BCUT2D eigenvalue weighted by Crippen LogP contribution is 2.37. The molecular weight excluding hydrogens is 400 g/mol. The molecule has 1 aromatic carbocycles. The number of amides is 1. The zero-order chi connectivity index (χ0) is 22.2. The van der Waals surface area contributed by atoms with E-state index in [4.69, 9.17) is 5.73 Å². The monoisotopic (exact) mass is 434 g/mol. The molecule has 0 saturated carbocycles. The quantitative estimate of drug-likeness (QED) is 0.775. The van der Waals surface area contributed by atoms with Crippen LogP contribution in [0.25, 0.3) is 0 Å². The average Bonchev–Trinajstić information content (AvgIpc) is 3.17. The molecule has 3 aliphatic rings. The molecule has 1 amide bonds. The van der Waals surface area contributed by atoms with Crippen molar-refractivity contribution >= 4 is 11.7 Å². The highest BCUT2D eigenvalue weighted by molar-refractivity contribution is 5.84. The summed E-state index contributed by atoms with van der Waals surface area (Å²) in [6.07, 6.45) is 3.90. The Morgan fingerprint density at radius 2 is 1.84 bits per heavy atom. The Bertz CT molecular complexity index is 963. The smallest absolute Gasteiger partial charge is 0.231 e. The van der Waals surface area contributed by atoms with Crippen molar-refractivity contribution in [1.29, 1.82) is 0 Å². The fourth-order valence-electron chi connectivity index (χ4n) is 5.38. The van der Waals surface area contributed by atoms with Crippen LogP contribution in [0, 0.1) is 6.92 Å². The second-order valence-electron chi connectivity index (χ2n) is 9.75. The molecule has 0 radical (unpaired) electrons. The number of fused-ring (bicyclic) bond motifs is 1. The van der Waals surface area contributed by atoms with Crippen LogP contribution in [-0.2, 0) is 11.2 Å². The second-order valence-corrected chi connectivity index (χ2v) is 9.75. The van der Waals surface area contributed by atoms with Gasteiger partial charge in [0.15, 0.2) is 0 Å². The van der Waals surface area contributed by atoms with E-state index in [1.807, 2.05) is 4.90 Å². The molecule has 7 nitrogen and oxygen atoms in total. The van der Waals surface area contributed by atoms with Crippen LogP contribution in [0.5, 0.6) is 0 Å². The molecule has 2 aromatic rings. The maximum Gasteiger partial charge on any atom is 0.231 e. The van der Waals surface area contributed by atoms with Crippen molar-refractivity contribution in [2.45, 2.75) is 44.6 Å². The standard InChI is InChI=1S/C25H34N6O/c1-17-3-6-19(7-4-17)21(15-29-13-20(26)14-29)25(32)31-11-9-30(10-12-31)24-23-18(2)5-8-22(23)27-16-28-24/h3-4,6-7,16,18,20-21H,5,8-15,26H2,1-2H3. The second kappa shape index (κ2) is 8.79. The number of hydrogen-bond acceptors (Lipinski definition) is 6. The number of likely N-dealkylation sites (tertiary alicyclic amines) is 1. The first-order valence-electron chi connectivity index (χ1n) is 11.9. The molecule has 2 unspecified atom stereocenters. The van der Waals surface area contributed by atoms with E-state index in [0.29, 0.717) is 5.92 Å². The third-order valence-electron chi connectivity index (χ3n) is 7.35. The van der Waals surface area contributed by atoms with Gasteiger partial charge in [0.2, 0.25) is 5.91 Å². The lowest BCUT2D eigenvalue weighted by Gasteiger charge is -2.41. The van der Waals surface area contributed by atoms with Crippen molar-refractivity contribution < 1.29 is 4.79 Å². The number of aryl methyl sites for hydroxylation is 2. The van der Waals surface area contributed by atoms with Gasteiger partial charge in [0.1, 0.15) is 12.1 Å². The summed E-state index contributed by atoms with van der Waals surface area (Å²) in [7, 11) is 0. The van der Waals surface area contributed by atoms with Gasteiger partial charge in [-0.1, -0.05) is 36.8 Å². The van der Waals surface area contributed by atoms with Crippen molar-refractivity contribution in [3.63, 3.8) is 0 Å². The van der Waals surface area contributed by atoms with Crippen molar-refractivity contribution in [1.82, 2.24) is 19.8 Å². The Hall–Kier alpha value is -2.51. The van der Waals surface area contributed by atoms with E-state index < -0.39 is 0 Å². The minimum atomic E-state index is -0.141. The van der Waals surface area contributed by atoms with E-state index in [-0.39, 0.29) is 17.9 Å². The summed E-state index contributed by atoms with van der Waals surface area (Å²) in [5, 5.41) is 0. The summed E-state index contributed by atoms with van der Waals surface area (Å²) >= 11 is 0. The number of hydrogen-bond donors (Lipinski definition) is 1. The summed E-state index contributed by atoms with van der Waals surface area (Å²) in [4.78, 5) is 29.5. The molecule has 2 aliphatic heterocycles. The zero-order valence-corrected chi connectivity index (χ0v) is 19.2. The molecule has 1 aromatic heterocycles. The number of anilines is 1. The Kier molecular flexibility index (Phi) is 5.86.